The summed E-state index contributed by atoms with van der Waals surface area (Å²) in [4.78, 5) is 15.6. The maximum atomic E-state index is 11.2. The van der Waals surface area contributed by atoms with Crippen LogP contribution in [0.3, 0.4) is 0 Å². The highest BCUT2D eigenvalue weighted by molar-refractivity contribution is 5.79. The molecule has 0 fully saturated rings. The fraction of sp³-hybridized carbons (Fsp3) is 0.600. The van der Waals surface area contributed by atoms with Crippen LogP contribution in [0.2, 0.25) is 0 Å². The molecule has 20 heavy (non-hydrogen) atoms. The lowest BCUT2D eigenvalue weighted by molar-refractivity contribution is -0.127. The van der Waals surface area contributed by atoms with E-state index in [4.69, 9.17) is 10.5 Å². The van der Waals surface area contributed by atoms with Crippen molar-refractivity contribution >= 4 is 5.91 Å². The third kappa shape index (κ3) is 3.28. The normalized spacial score (nSPS) is 19.2. The number of pyridine rings is 1. The molecular weight excluding hydrogens is 256 g/mol. The molecule has 5 heteroatoms. The van der Waals surface area contributed by atoms with Gasteiger partial charge < -0.3 is 15.6 Å². The molecule has 5 nitrogen and oxygen atoms in total. The van der Waals surface area contributed by atoms with Crippen LogP contribution in [0, 0.1) is 0 Å². The van der Waals surface area contributed by atoms with Crippen molar-refractivity contribution < 1.29 is 14.6 Å². The van der Waals surface area contributed by atoms with Crippen molar-refractivity contribution in [1.29, 1.82) is 0 Å². The number of aliphatic hydroxyl groups is 1. The van der Waals surface area contributed by atoms with Gasteiger partial charge in [0.1, 0.15) is 11.9 Å². The molecule has 0 radical (unpaired) electrons. The molecule has 1 heterocycles. The summed E-state index contributed by atoms with van der Waals surface area (Å²) in [6.07, 6.45) is 5.16. The smallest absolute Gasteiger partial charge is 0.246 e. The maximum Gasteiger partial charge on any atom is 0.246 e. The topological polar surface area (TPSA) is 85.4 Å². The van der Waals surface area contributed by atoms with Gasteiger partial charge in [0.2, 0.25) is 5.91 Å². The van der Waals surface area contributed by atoms with Crippen LogP contribution in [0.5, 0.6) is 5.75 Å². The maximum absolute atomic E-state index is 11.2. The Hall–Kier alpha value is -1.62. The van der Waals surface area contributed by atoms with Gasteiger partial charge in [-0.3, -0.25) is 9.78 Å². The average molecular weight is 278 g/mol. The van der Waals surface area contributed by atoms with Gasteiger partial charge in [-0.1, -0.05) is 13.3 Å². The van der Waals surface area contributed by atoms with Crippen molar-refractivity contribution in [3.63, 3.8) is 0 Å². The van der Waals surface area contributed by atoms with Gasteiger partial charge in [0.15, 0.2) is 0 Å². The van der Waals surface area contributed by atoms with Gasteiger partial charge >= 0.3 is 0 Å². The van der Waals surface area contributed by atoms with Gasteiger partial charge in [-0.05, 0) is 37.3 Å². The number of fused-ring (bicyclic) bond motifs is 1. The second-order valence-corrected chi connectivity index (χ2v) is 5.26. The highest BCUT2D eigenvalue weighted by atomic mass is 16.5. The van der Waals surface area contributed by atoms with Crippen molar-refractivity contribution in [3.05, 3.63) is 23.5 Å². The summed E-state index contributed by atoms with van der Waals surface area (Å²) in [5, 5.41) is 9.89. The molecule has 0 aliphatic heterocycles. The number of unbranched alkanes of at least 4 members (excludes halogenated alkanes) is 1. The lowest BCUT2D eigenvalue weighted by Crippen LogP contribution is -2.36. The number of amides is 1. The van der Waals surface area contributed by atoms with E-state index in [1.807, 2.05) is 6.07 Å². The highest BCUT2D eigenvalue weighted by Gasteiger charge is 2.31. The Morgan fingerprint density at radius 2 is 2.45 bits per heavy atom. The second kappa shape index (κ2) is 6.70. The Kier molecular flexibility index (Phi) is 4.95. The monoisotopic (exact) mass is 278 g/mol. The van der Waals surface area contributed by atoms with E-state index >= 15 is 0 Å². The fourth-order valence-electron chi connectivity index (χ4n) is 2.60. The third-order valence-corrected chi connectivity index (χ3v) is 3.73. The van der Waals surface area contributed by atoms with Crippen LogP contribution in [0.25, 0.3) is 0 Å². The van der Waals surface area contributed by atoms with Crippen LogP contribution in [0.15, 0.2) is 12.3 Å². The van der Waals surface area contributed by atoms with Crippen LogP contribution in [0.1, 0.15) is 49.8 Å². The number of hydrogen-bond donors (Lipinski definition) is 2. The molecule has 1 amide bonds. The predicted molar refractivity (Wildman–Crippen MR) is 75.5 cm³/mol. The van der Waals surface area contributed by atoms with Gasteiger partial charge in [-0.15, -0.1) is 0 Å². The first-order chi connectivity index (χ1) is 9.63. The summed E-state index contributed by atoms with van der Waals surface area (Å²) in [5.74, 6) is -0.222. The number of nitrogens with zero attached hydrogens (tertiary/aromatic N) is 1. The van der Waals surface area contributed by atoms with Crippen molar-refractivity contribution in [2.45, 2.75) is 51.0 Å². The standard InChI is InChI=1S/C15H22N2O3/c1-2-3-7-20-11-8-10-5-4-6-12(13(10)17-9-11)14(18)15(16)19/h8-9,12,14,18H,2-7H2,1H3,(H2,16,19)/t12-,14?/m1/s1. The molecule has 2 atom stereocenters. The number of aromatic nitrogens is 1. The van der Waals surface area contributed by atoms with E-state index in [0.29, 0.717) is 6.61 Å². The molecular formula is C15H22N2O3. The number of aliphatic hydroxyl groups excluding tert-OH is 1. The highest BCUT2D eigenvalue weighted by Crippen LogP contribution is 2.34. The van der Waals surface area contributed by atoms with Crippen LogP contribution < -0.4 is 10.5 Å². The number of carbonyl (C=O) groups is 1. The van der Waals surface area contributed by atoms with Gasteiger partial charge in [-0.2, -0.15) is 0 Å². The Balaban J connectivity index is 2.15. The van der Waals surface area contributed by atoms with Crippen molar-refractivity contribution in [2.24, 2.45) is 5.73 Å². The Bertz CT molecular complexity index is 476. The molecule has 2 rings (SSSR count). The lowest BCUT2D eigenvalue weighted by Gasteiger charge is -2.27. The zero-order valence-corrected chi connectivity index (χ0v) is 11.8. The summed E-state index contributed by atoms with van der Waals surface area (Å²) >= 11 is 0. The Morgan fingerprint density at radius 1 is 1.65 bits per heavy atom. The van der Waals surface area contributed by atoms with Gasteiger partial charge in [0.25, 0.3) is 0 Å². The number of ether oxygens (including phenoxy) is 1. The molecule has 0 bridgehead atoms. The molecule has 1 aromatic rings. The van der Waals surface area contributed by atoms with Crippen LogP contribution in [-0.2, 0) is 11.2 Å². The van der Waals surface area contributed by atoms with E-state index in [1.54, 1.807) is 6.20 Å². The second-order valence-electron chi connectivity index (χ2n) is 5.26. The van der Waals surface area contributed by atoms with Gasteiger partial charge in [0.05, 0.1) is 18.5 Å². The minimum Gasteiger partial charge on any atom is -0.492 e. The summed E-state index contributed by atoms with van der Waals surface area (Å²) in [6.45, 7) is 2.80. The molecule has 1 unspecified atom stereocenters. The van der Waals surface area contributed by atoms with E-state index < -0.39 is 12.0 Å². The first-order valence-electron chi connectivity index (χ1n) is 7.22. The minimum atomic E-state index is -1.16. The zero-order chi connectivity index (χ0) is 14.5. The van der Waals surface area contributed by atoms with Crippen LogP contribution in [-0.4, -0.2) is 28.7 Å². The molecule has 1 aliphatic carbocycles. The molecule has 1 aromatic heterocycles. The minimum absolute atomic E-state index is 0.291. The van der Waals surface area contributed by atoms with Crippen molar-refractivity contribution in [3.8, 4) is 5.75 Å². The quantitative estimate of drug-likeness (QED) is 0.773. The van der Waals surface area contributed by atoms with Crippen molar-refractivity contribution in [1.82, 2.24) is 4.98 Å². The summed E-state index contributed by atoms with van der Waals surface area (Å²) in [6, 6.07) is 1.97. The predicted octanol–water partition coefficient (Wildman–Crippen LogP) is 1.53. The van der Waals surface area contributed by atoms with E-state index in [-0.39, 0.29) is 5.92 Å². The molecule has 3 N–H and O–H groups in total. The molecule has 1 aliphatic rings. The van der Waals surface area contributed by atoms with Crippen molar-refractivity contribution in [2.75, 3.05) is 6.61 Å². The van der Waals surface area contributed by atoms with E-state index in [9.17, 15) is 9.90 Å². The molecule has 0 saturated carbocycles. The van der Waals surface area contributed by atoms with E-state index in [0.717, 1.165) is 49.1 Å². The number of hydrogen-bond acceptors (Lipinski definition) is 4. The first kappa shape index (κ1) is 14.8. The summed E-state index contributed by atoms with van der Waals surface area (Å²) in [5.41, 5.74) is 7.03. The fourth-order valence-corrected chi connectivity index (χ4v) is 2.60. The van der Waals surface area contributed by atoms with Gasteiger partial charge in [0, 0.05) is 5.92 Å². The van der Waals surface area contributed by atoms with E-state index in [2.05, 4.69) is 11.9 Å². The first-order valence-corrected chi connectivity index (χ1v) is 7.22. The Morgan fingerprint density at radius 3 is 3.15 bits per heavy atom. The number of nitrogens with two attached hydrogens (primary N) is 1. The third-order valence-electron chi connectivity index (χ3n) is 3.73. The summed E-state index contributed by atoms with van der Waals surface area (Å²) < 4.78 is 5.64. The Labute approximate surface area is 119 Å². The van der Waals surface area contributed by atoms with Crippen LogP contribution >= 0.6 is 0 Å². The average Bonchev–Trinajstić information content (AvgIpc) is 2.45. The number of carbonyl (C=O) groups excluding carboxylic acids is 1. The number of primary amides is 1. The molecule has 0 aromatic carbocycles. The van der Waals surface area contributed by atoms with Crippen LogP contribution in [0.4, 0.5) is 0 Å². The molecule has 0 spiro atoms. The lowest BCUT2D eigenvalue weighted by atomic mass is 9.83. The van der Waals surface area contributed by atoms with E-state index in [1.165, 1.54) is 0 Å². The number of rotatable bonds is 6. The molecule has 0 saturated heterocycles. The van der Waals surface area contributed by atoms with Gasteiger partial charge in [-0.25, -0.2) is 0 Å². The largest absolute Gasteiger partial charge is 0.492 e. The summed E-state index contributed by atoms with van der Waals surface area (Å²) in [7, 11) is 0. The number of aryl methyl sites for hydroxylation is 1. The molecule has 110 valence electrons. The SMILES string of the molecule is CCCCOc1cnc2c(c1)CCC[C@H]2C(O)C(N)=O. The zero-order valence-electron chi connectivity index (χ0n) is 11.8.